The Labute approximate surface area is 114 Å². The van der Waals surface area contributed by atoms with Crippen molar-refractivity contribution >= 4 is 0 Å². The molecule has 0 bridgehead atoms. The first-order chi connectivity index (χ1) is 9.29. The molecule has 2 atom stereocenters. The number of methoxy groups -OCH3 is 1. The Kier molecular flexibility index (Phi) is 5.57. The highest BCUT2D eigenvalue weighted by Crippen LogP contribution is 2.24. The number of pyridine rings is 1. The van der Waals surface area contributed by atoms with Crippen LogP contribution in [-0.4, -0.2) is 42.6 Å². The Hall–Kier alpha value is -1.17. The standard InChI is InChI=1S/C14H22N2O3/c1-18-8-7-15-9-11-5-6-12(10-16-11)19-14-4-2-3-13(14)17/h5-6,10,13-15,17H,2-4,7-9H2,1H3. The van der Waals surface area contributed by atoms with Crippen molar-refractivity contribution in [3.8, 4) is 5.75 Å². The lowest BCUT2D eigenvalue weighted by Gasteiger charge is -2.16. The van der Waals surface area contributed by atoms with Crippen LogP contribution in [0.1, 0.15) is 25.0 Å². The Bertz CT molecular complexity index is 369. The van der Waals surface area contributed by atoms with Crippen LogP contribution in [0.3, 0.4) is 0 Å². The van der Waals surface area contributed by atoms with E-state index in [1.807, 2.05) is 12.1 Å². The van der Waals surface area contributed by atoms with E-state index in [2.05, 4.69) is 10.3 Å². The smallest absolute Gasteiger partial charge is 0.138 e. The maximum Gasteiger partial charge on any atom is 0.138 e. The fraction of sp³-hybridized carbons (Fsp3) is 0.643. The Morgan fingerprint density at radius 2 is 2.32 bits per heavy atom. The minimum atomic E-state index is -0.338. The van der Waals surface area contributed by atoms with Crippen LogP contribution in [0, 0.1) is 0 Å². The molecule has 1 heterocycles. The molecule has 1 saturated carbocycles. The number of nitrogens with one attached hydrogen (secondary N) is 1. The molecule has 0 saturated heterocycles. The van der Waals surface area contributed by atoms with Crippen molar-refractivity contribution in [2.45, 2.75) is 38.0 Å². The maximum atomic E-state index is 9.70. The van der Waals surface area contributed by atoms with Gasteiger partial charge in [-0.05, 0) is 31.4 Å². The van der Waals surface area contributed by atoms with E-state index in [1.54, 1.807) is 13.3 Å². The molecule has 1 aromatic rings. The summed E-state index contributed by atoms with van der Waals surface area (Å²) in [6, 6.07) is 3.85. The van der Waals surface area contributed by atoms with Gasteiger partial charge < -0.3 is 19.9 Å². The summed E-state index contributed by atoms with van der Waals surface area (Å²) in [5.74, 6) is 0.728. The first-order valence-corrected chi connectivity index (χ1v) is 6.79. The molecule has 19 heavy (non-hydrogen) atoms. The summed E-state index contributed by atoms with van der Waals surface area (Å²) >= 11 is 0. The van der Waals surface area contributed by atoms with Gasteiger partial charge in [0.1, 0.15) is 11.9 Å². The summed E-state index contributed by atoms with van der Waals surface area (Å²) in [7, 11) is 1.68. The van der Waals surface area contributed by atoms with Crippen LogP contribution in [0.25, 0.3) is 0 Å². The Morgan fingerprint density at radius 1 is 1.42 bits per heavy atom. The van der Waals surface area contributed by atoms with Crippen LogP contribution in [-0.2, 0) is 11.3 Å². The molecule has 1 aliphatic carbocycles. The van der Waals surface area contributed by atoms with Gasteiger partial charge in [0.05, 0.1) is 24.6 Å². The molecule has 106 valence electrons. The van der Waals surface area contributed by atoms with Crippen molar-refractivity contribution in [3.05, 3.63) is 24.0 Å². The quantitative estimate of drug-likeness (QED) is 0.724. The van der Waals surface area contributed by atoms with Crippen molar-refractivity contribution in [2.24, 2.45) is 0 Å². The molecule has 5 heteroatoms. The highest BCUT2D eigenvalue weighted by molar-refractivity contribution is 5.20. The molecular formula is C14H22N2O3. The van der Waals surface area contributed by atoms with Crippen LogP contribution < -0.4 is 10.1 Å². The van der Waals surface area contributed by atoms with E-state index in [0.29, 0.717) is 6.61 Å². The fourth-order valence-corrected chi connectivity index (χ4v) is 2.19. The predicted molar refractivity (Wildman–Crippen MR) is 72.1 cm³/mol. The second-order valence-electron chi connectivity index (χ2n) is 4.81. The SMILES string of the molecule is COCCNCc1ccc(OC2CCCC2O)cn1. The van der Waals surface area contributed by atoms with Gasteiger partial charge in [-0.15, -0.1) is 0 Å². The average molecular weight is 266 g/mol. The third-order valence-electron chi connectivity index (χ3n) is 3.29. The van der Waals surface area contributed by atoms with Gasteiger partial charge in [-0.25, -0.2) is 0 Å². The summed E-state index contributed by atoms with van der Waals surface area (Å²) in [5, 5.41) is 12.9. The van der Waals surface area contributed by atoms with Crippen molar-refractivity contribution in [1.82, 2.24) is 10.3 Å². The van der Waals surface area contributed by atoms with Gasteiger partial charge in [-0.1, -0.05) is 0 Å². The zero-order chi connectivity index (χ0) is 13.5. The molecule has 1 aromatic heterocycles. The number of aromatic nitrogens is 1. The van der Waals surface area contributed by atoms with Crippen molar-refractivity contribution in [1.29, 1.82) is 0 Å². The van der Waals surface area contributed by atoms with E-state index in [0.717, 1.165) is 43.8 Å². The molecule has 0 spiro atoms. The molecule has 2 rings (SSSR count). The monoisotopic (exact) mass is 266 g/mol. The highest BCUT2D eigenvalue weighted by atomic mass is 16.5. The largest absolute Gasteiger partial charge is 0.486 e. The second kappa shape index (κ2) is 7.43. The van der Waals surface area contributed by atoms with E-state index in [1.165, 1.54) is 0 Å². The number of rotatable bonds is 7. The number of hydrogen-bond donors (Lipinski definition) is 2. The molecule has 1 aliphatic rings. The summed E-state index contributed by atoms with van der Waals surface area (Å²) in [6.07, 6.45) is 4.09. The number of hydrogen-bond acceptors (Lipinski definition) is 5. The number of aliphatic hydroxyl groups excluding tert-OH is 1. The first kappa shape index (κ1) is 14.2. The summed E-state index contributed by atoms with van der Waals surface area (Å²) < 4.78 is 10.7. The number of aliphatic hydroxyl groups is 1. The zero-order valence-corrected chi connectivity index (χ0v) is 11.3. The van der Waals surface area contributed by atoms with Gasteiger partial charge >= 0.3 is 0 Å². The molecule has 0 amide bonds. The van der Waals surface area contributed by atoms with Gasteiger partial charge in [-0.2, -0.15) is 0 Å². The lowest BCUT2D eigenvalue weighted by Crippen LogP contribution is -2.25. The average Bonchev–Trinajstić information content (AvgIpc) is 2.82. The molecular weight excluding hydrogens is 244 g/mol. The number of ether oxygens (including phenoxy) is 2. The van der Waals surface area contributed by atoms with Gasteiger partial charge in [0.15, 0.2) is 0 Å². The summed E-state index contributed by atoms with van der Waals surface area (Å²) in [6.45, 7) is 2.22. The van der Waals surface area contributed by atoms with Crippen LogP contribution in [0.5, 0.6) is 5.75 Å². The van der Waals surface area contributed by atoms with Crippen LogP contribution in [0.4, 0.5) is 0 Å². The van der Waals surface area contributed by atoms with Gasteiger partial charge in [0, 0.05) is 20.2 Å². The predicted octanol–water partition coefficient (Wildman–Crippen LogP) is 1.11. The molecule has 0 aromatic carbocycles. The third kappa shape index (κ3) is 4.45. The van der Waals surface area contributed by atoms with Gasteiger partial charge in [0.2, 0.25) is 0 Å². The highest BCUT2D eigenvalue weighted by Gasteiger charge is 2.26. The van der Waals surface area contributed by atoms with E-state index >= 15 is 0 Å². The molecule has 2 N–H and O–H groups in total. The van der Waals surface area contributed by atoms with Crippen molar-refractivity contribution in [3.63, 3.8) is 0 Å². The minimum absolute atomic E-state index is 0.0764. The van der Waals surface area contributed by atoms with E-state index in [-0.39, 0.29) is 12.2 Å². The molecule has 5 nitrogen and oxygen atoms in total. The summed E-state index contributed by atoms with van der Waals surface area (Å²) in [4.78, 5) is 4.33. The third-order valence-corrected chi connectivity index (χ3v) is 3.29. The zero-order valence-electron chi connectivity index (χ0n) is 11.3. The minimum Gasteiger partial charge on any atom is -0.486 e. The van der Waals surface area contributed by atoms with Crippen molar-refractivity contribution in [2.75, 3.05) is 20.3 Å². The van der Waals surface area contributed by atoms with Crippen LogP contribution in [0.15, 0.2) is 18.3 Å². The van der Waals surface area contributed by atoms with Gasteiger partial charge in [-0.3, -0.25) is 4.98 Å². The number of nitrogens with zero attached hydrogens (tertiary/aromatic N) is 1. The summed E-state index contributed by atoms with van der Waals surface area (Å²) in [5.41, 5.74) is 0.968. The fourth-order valence-electron chi connectivity index (χ4n) is 2.19. The second-order valence-corrected chi connectivity index (χ2v) is 4.81. The Balaban J connectivity index is 1.77. The Morgan fingerprint density at radius 3 is 2.95 bits per heavy atom. The topological polar surface area (TPSA) is 63.6 Å². The van der Waals surface area contributed by atoms with E-state index in [4.69, 9.17) is 9.47 Å². The lowest BCUT2D eigenvalue weighted by atomic mass is 10.2. The molecule has 1 fully saturated rings. The van der Waals surface area contributed by atoms with Gasteiger partial charge in [0.25, 0.3) is 0 Å². The van der Waals surface area contributed by atoms with Crippen LogP contribution in [0.2, 0.25) is 0 Å². The molecule has 0 aliphatic heterocycles. The van der Waals surface area contributed by atoms with E-state index < -0.39 is 0 Å². The lowest BCUT2D eigenvalue weighted by molar-refractivity contribution is 0.0601. The van der Waals surface area contributed by atoms with E-state index in [9.17, 15) is 5.11 Å². The van der Waals surface area contributed by atoms with Crippen molar-refractivity contribution < 1.29 is 14.6 Å². The molecule has 0 radical (unpaired) electrons. The maximum absolute atomic E-state index is 9.70. The normalized spacial score (nSPS) is 22.6. The molecule has 2 unspecified atom stereocenters. The van der Waals surface area contributed by atoms with Crippen LogP contribution >= 0.6 is 0 Å². The first-order valence-electron chi connectivity index (χ1n) is 6.79.